The van der Waals surface area contributed by atoms with Crippen molar-refractivity contribution >= 4 is 11.8 Å². The van der Waals surface area contributed by atoms with E-state index in [9.17, 15) is 14.7 Å². The Morgan fingerprint density at radius 2 is 2.05 bits per heavy atom. The van der Waals surface area contributed by atoms with E-state index in [4.69, 9.17) is 5.73 Å². The molecule has 1 aliphatic rings. The van der Waals surface area contributed by atoms with Crippen LogP contribution in [-0.2, 0) is 16.0 Å². The predicted octanol–water partition coefficient (Wildman–Crippen LogP) is 0.234. The number of hydrogen-bond acceptors (Lipinski definition) is 3. The lowest BCUT2D eigenvalue weighted by Gasteiger charge is -2.17. The lowest BCUT2D eigenvalue weighted by Crippen LogP contribution is -2.32. The molecule has 3 N–H and O–H groups in total. The Bertz CT molecular complexity index is 525. The zero-order valence-corrected chi connectivity index (χ0v) is 11.2. The van der Waals surface area contributed by atoms with E-state index in [1.807, 2.05) is 30.3 Å². The van der Waals surface area contributed by atoms with Gasteiger partial charge in [0.25, 0.3) is 0 Å². The van der Waals surface area contributed by atoms with Crippen molar-refractivity contribution < 1.29 is 14.7 Å². The quantitative estimate of drug-likeness (QED) is 0.779. The van der Waals surface area contributed by atoms with Gasteiger partial charge in [-0.05, 0) is 12.0 Å². The number of nitrogens with two attached hydrogens (primary N) is 1. The van der Waals surface area contributed by atoms with Crippen LogP contribution in [0.1, 0.15) is 12.0 Å². The third kappa shape index (κ3) is 3.45. The van der Waals surface area contributed by atoms with E-state index < -0.39 is 12.0 Å². The van der Waals surface area contributed by atoms with E-state index in [0.29, 0.717) is 18.7 Å². The third-order valence-corrected chi connectivity index (χ3v) is 3.37. The van der Waals surface area contributed by atoms with Crippen molar-refractivity contribution in [2.75, 3.05) is 13.1 Å². The van der Waals surface area contributed by atoms with E-state index in [1.54, 1.807) is 11.0 Å². The Labute approximate surface area is 117 Å². The number of carbonyl (C=O) groups is 2. The highest BCUT2D eigenvalue weighted by atomic mass is 16.3. The first-order valence-corrected chi connectivity index (χ1v) is 6.57. The molecule has 1 aromatic carbocycles. The average Bonchev–Trinajstić information content (AvgIpc) is 2.78. The van der Waals surface area contributed by atoms with Gasteiger partial charge in [-0.15, -0.1) is 0 Å². The maximum absolute atomic E-state index is 12.1. The van der Waals surface area contributed by atoms with Crippen molar-refractivity contribution in [3.8, 4) is 0 Å². The molecule has 0 bridgehead atoms. The van der Waals surface area contributed by atoms with Crippen LogP contribution >= 0.6 is 0 Å². The van der Waals surface area contributed by atoms with Gasteiger partial charge in [-0.3, -0.25) is 9.59 Å². The summed E-state index contributed by atoms with van der Waals surface area (Å²) in [5.74, 6) is -0.928. The van der Waals surface area contributed by atoms with Crippen LogP contribution in [0.5, 0.6) is 0 Å². The molecule has 1 heterocycles. The molecule has 0 fully saturated rings. The number of aliphatic hydroxyl groups excluding tert-OH is 1. The summed E-state index contributed by atoms with van der Waals surface area (Å²) in [4.78, 5) is 24.6. The maximum Gasteiger partial charge on any atom is 0.249 e. The number of carbonyl (C=O) groups excluding carboxylic acids is 2. The van der Waals surface area contributed by atoms with E-state index in [1.165, 1.54) is 5.56 Å². The normalized spacial score (nSPS) is 16.1. The second kappa shape index (κ2) is 6.34. The largest absolute Gasteiger partial charge is 0.383 e. The van der Waals surface area contributed by atoms with Gasteiger partial charge in [-0.1, -0.05) is 36.4 Å². The number of primary amides is 1. The molecular weight excluding hydrogens is 256 g/mol. The summed E-state index contributed by atoms with van der Waals surface area (Å²) in [6.07, 6.45) is 1.24. The number of hydrogen-bond donors (Lipinski definition) is 2. The van der Waals surface area contributed by atoms with Crippen molar-refractivity contribution in [3.63, 3.8) is 0 Å². The van der Waals surface area contributed by atoms with E-state index in [0.717, 1.165) is 6.42 Å². The molecule has 0 saturated heterocycles. The predicted molar refractivity (Wildman–Crippen MR) is 74.6 cm³/mol. The first-order chi connectivity index (χ1) is 9.58. The zero-order valence-electron chi connectivity index (χ0n) is 11.2. The molecule has 5 nitrogen and oxygen atoms in total. The van der Waals surface area contributed by atoms with Crippen molar-refractivity contribution in [1.29, 1.82) is 0 Å². The summed E-state index contributed by atoms with van der Waals surface area (Å²) in [5, 5.41) is 9.41. The van der Waals surface area contributed by atoms with Gasteiger partial charge in [0.05, 0.1) is 0 Å². The zero-order chi connectivity index (χ0) is 14.5. The van der Waals surface area contributed by atoms with Crippen LogP contribution in [0.25, 0.3) is 0 Å². The molecule has 1 aliphatic heterocycles. The first kappa shape index (κ1) is 14.3. The van der Waals surface area contributed by atoms with Gasteiger partial charge in [0, 0.05) is 25.1 Å². The minimum absolute atomic E-state index is 0.00396. The van der Waals surface area contributed by atoms with Crippen LogP contribution < -0.4 is 5.73 Å². The van der Waals surface area contributed by atoms with Gasteiger partial charge in [-0.2, -0.15) is 0 Å². The van der Waals surface area contributed by atoms with E-state index in [2.05, 4.69) is 0 Å². The number of rotatable bonds is 6. The molecule has 1 atom stereocenters. The van der Waals surface area contributed by atoms with Crippen molar-refractivity contribution in [2.24, 2.45) is 5.73 Å². The lowest BCUT2D eigenvalue weighted by molar-refractivity contribution is -0.127. The van der Waals surface area contributed by atoms with Crippen molar-refractivity contribution in [1.82, 2.24) is 4.90 Å². The third-order valence-electron chi connectivity index (χ3n) is 3.37. The van der Waals surface area contributed by atoms with Crippen LogP contribution in [0.3, 0.4) is 0 Å². The van der Waals surface area contributed by atoms with Gasteiger partial charge in [0.15, 0.2) is 0 Å². The molecule has 20 heavy (non-hydrogen) atoms. The van der Waals surface area contributed by atoms with E-state index in [-0.39, 0.29) is 12.3 Å². The van der Waals surface area contributed by atoms with Crippen molar-refractivity contribution in [2.45, 2.75) is 18.9 Å². The highest BCUT2D eigenvalue weighted by Crippen LogP contribution is 2.17. The minimum Gasteiger partial charge on any atom is -0.383 e. The number of aliphatic hydroxyl groups is 1. The molecule has 0 saturated carbocycles. The molecule has 2 amide bonds. The second-order valence-electron chi connectivity index (χ2n) is 4.84. The van der Waals surface area contributed by atoms with Gasteiger partial charge < -0.3 is 15.7 Å². The summed E-state index contributed by atoms with van der Waals surface area (Å²) >= 11 is 0. The van der Waals surface area contributed by atoms with Crippen LogP contribution in [-0.4, -0.2) is 41.0 Å². The summed E-state index contributed by atoms with van der Waals surface area (Å²) < 4.78 is 0. The lowest BCUT2D eigenvalue weighted by atomic mass is 10.1. The molecule has 0 aromatic heterocycles. The second-order valence-corrected chi connectivity index (χ2v) is 4.84. The molecule has 0 radical (unpaired) electrons. The SMILES string of the molecule is NC(=O)C(O)CC1=CCN(CCc2ccccc2)C1=O. The molecule has 1 aromatic rings. The summed E-state index contributed by atoms with van der Waals surface area (Å²) in [7, 11) is 0. The monoisotopic (exact) mass is 274 g/mol. The highest BCUT2D eigenvalue weighted by Gasteiger charge is 2.26. The Kier molecular flexibility index (Phi) is 4.53. The first-order valence-electron chi connectivity index (χ1n) is 6.57. The Morgan fingerprint density at radius 1 is 1.35 bits per heavy atom. The molecule has 1 unspecified atom stereocenters. The maximum atomic E-state index is 12.1. The molecule has 5 heteroatoms. The summed E-state index contributed by atoms with van der Waals surface area (Å²) in [6.45, 7) is 1.14. The van der Waals surface area contributed by atoms with Crippen LogP contribution in [0.2, 0.25) is 0 Å². The molecule has 0 spiro atoms. The smallest absolute Gasteiger partial charge is 0.249 e. The van der Waals surface area contributed by atoms with Gasteiger partial charge in [-0.25, -0.2) is 0 Å². The average molecular weight is 274 g/mol. The molecule has 106 valence electrons. The minimum atomic E-state index is -1.29. The van der Waals surface area contributed by atoms with Crippen LogP contribution in [0.4, 0.5) is 0 Å². The van der Waals surface area contributed by atoms with Gasteiger partial charge in [0.1, 0.15) is 6.10 Å². The van der Waals surface area contributed by atoms with Crippen LogP contribution in [0, 0.1) is 0 Å². The van der Waals surface area contributed by atoms with Gasteiger partial charge >= 0.3 is 0 Å². The number of nitrogens with zero attached hydrogens (tertiary/aromatic N) is 1. The molecule has 0 aliphatic carbocycles. The fourth-order valence-electron chi connectivity index (χ4n) is 2.17. The fraction of sp³-hybridized carbons (Fsp3) is 0.333. The van der Waals surface area contributed by atoms with Gasteiger partial charge in [0.2, 0.25) is 11.8 Å². The fourth-order valence-corrected chi connectivity index (χ4v) is 2.17. The number of benzene rings is 1. The standard InChI is InChI=1S/C15H18N2O3/c16-14(19)13(18)10-12-7-9-17(15(12)20)8-6-11-4-2-1-3-5-11/h1-5,7,13,18H,6,8-10H2,(H2,16,19). The summed E-state index contributed by atoms with van der Waals surface area (Å²) in [5.41, 5.74) is 6.62. The molecular formula is C15H18N2O3. The Hall–Kier alpha value is -2.14. The molecule has 2 rings (SSSR count). The Balaban J connectivity index is 1.85. The van der Waals surface area contributed by atoms with E-state index >= 15 is 0 Å². The number of amides is 2. The Morgan fingerprint density at radius 3 is 2.70 bits per heavy atom. The summed E-state index contributed by atoms with van der Waals surface area (Å²) in [6, 6.07) is 9.93. The topological polar surface area (TPSA) is 83.6 Å². The highest BCUT2D eigenvalue weighted by molar-refractivity contribution is 5.96. The van der Waals surface area contributed by atoms with Crippen molar-refractivity contribution in [3.05, 3.63) is 47.5 Å². The van der Waals surface area contributed by atoms with Crippen LogP contribution in [0.15, 0.2) is 42.0 Å².